The van der Waals surface area contributed by atoms with Gasteiger partial charge in [0, 0.05) is 23.3 Å². The van der Waals surface area contributed by atoms with Crippen LogP contribution in [0.15, 0.2) is 103 Å². The summed E-state index contributed by atoms with van der Waals surface area (Å²) in [7, 11) is 0. The molecule has 1 N–H and O–H groups in total. The van der Waals surface area contributed by atoms with E-state index in [2.05, 4.69) is 106 Å². The summed E-state index contributed by atoms with van der Waals surface area (Å²) in [4.78, 5) is 0. The summed E-state index contributed by atoms with van der Waals surface area (Å²) in [5.74, 6) is 0.865. The van der Waals surface area contributed by atoms with E-state index in [0.29, 0.717) is 5.75 Å². The van der Waals surface area contributed by atoms with Gasteiger partial charge >= 0.3 is 0 Å². The Kier molecular flexibility index (Phi) is 6.23. The van der Waals surface area contributed by atoms with Gasteiger partial charge in [0.2, 0.25) is 0 Å². The van der Waals surface area contributed by atoms with Crippen molar-refractivity contribution in [2.75, 3.05) is 0 Å². The van der Waals surface area contributed by atoms with E-state index in [0.717, 1.165) is 11.1 Å². The summed E-state index contributed by atoms with van der Waals surface area (Å²) in [5.41, 5.74) is 7.08. The van der Waals surface area contributed by atoms with Crippen molar-refractivity contribution in [3.63, 3.8) is 0 Å². The van der Waals surface area contributed by atoms with Crippen molar-refractivity contribution >= 4 is 0 Å². The SMILES string of the molecule is CC(c1ccccc1)c1cc(O)c(C(C)c2ccccc2)c(C(C)c2ccccc2)c1. The van der Waals surface area contributed by atoms with Crippen LogP contribution in [0, 0.1) is 0 Å². The molecule has 1 heteroatoms. The van der Waals surface area contributed by atoms with Crippen LogP contribution < -0.4 is 0 Å². The standard InChI is InChI=1S/C30H30O/c1-21(24-13-7-4-8-14-24)27-19-28(22(2)25-15-9-5-10-16-25)30(29(31)20-27)23(3)26-17-11-6-12-18-26/h4-23,31H,1-3H3. The number of rotatable bonds is 6. The quantitative estimate of drug-likeness (QED) is 0.346. The van der Waals surface area contributed by atoms with Gasteiger partial charge in [0.15, 0.2) is 0 Å². The Balaban J connectivity index is 1.86. The van der Waals surface area contributed by atoms with Gasteiger partial charge in [0.05, 0.1) is 0 Å². The third-order valence-electron chi connectivity index (χ3n) is 6.51. The smallest absolute Gasteiger partial charge is 0.119 e. The van der Waals surface area contributed by atoms with E-state index >= 15 is 0 Å². The molecular formula is C30H30O. The molecule has 0 amide bonds. The van der Waals surface area contributed by atoms with Gasteiger partial charge < -0.3 is 5.11 Å². The van der Waals surface area contributed by atoms with Crippen molar-refractivity contribution in [1.82, 2.24) is 0 Å². The molecule has 0 aliphatic heterocycles. The maximum Gasteiger partial charge on any atom is 0.119 e. The first-order chi connectivity index (χ1) is 15.1. The van der Waals surface area contributed by atoms with Gasteiger partial charge in [-0.3, -0.25) is 0 Å². The largest absolute Gasteiger partial charge is 0.508 e. The third kappa shape index (κ3) is 4.41. The zero-order valence-electron chi connectivity index (χ0n) is 18.5. The first kappa shape index (κ1) is 20.9. The Hall–Kier alpha value is -3.32. The average molecular weight is 407 g/mol. The number of phenolic OH excluding ortho intramolecular Hbond substituents is 1. The van der Waals surface area contributed by atoms with Gasteiger partial charge in [-0.15, -0.1) is 0 Å². The highest BCUT2D eigenvalue weighted by atomic mass is 16.3. The van der Waals surface area contributed by atoms with Crippen LogP contribution >= 0.6 is 0 Å². The number of phenols is 1. The fourth-order valence-electron chi connectivity index (χ4n) is 4.53. The Labute approximate surface area is 186 Å². The van der Waals surface area contributed by atoms with Crippen molar-refractivity contribution in [2.24, 2.45) is 0 Å². The van der Waals surface area contributed by atoms with Gasteiger partial charge in [-0.25, -0.2) is 0 Å². The summed E-state index contributed by atoms with van der Waals surface area (Å²) in [5, 5.41) is 11.3. The molecule has 3 unspecified atom stereocenters. The lowest BCUT2D eigenvalue weighted by molar-refractivity contribution is 0.463. The Morgan fingerprint density at radius 3 is 1.39 bits per heavy atom. The molecule has 0 aliphatic rings. The minimum absolute atomic E-state index is 0.100. The van der Waals surface area contributed by atoms with Gasteiger partial charge in [-0.1, -0.05) is 118 Å². The fraction of sp³-hybridized carbons (Fsp3) is 0.200. The number of hydrogen-bond acceptors (Lipinski definition) is 1. The third-order valence-corrected chi connectivity index (χ3v) is 6.51. The first-order valence-corrected chi connectivity index (χ1v) is 11.1. The summed E-state index contributed by atoms with van der Waals surface area (Å²) in [6, 6.07) is 35.8. The molecule has 156 valence electrons. The molecule has 0 aromatic heterocycles. The van der Waals surface area contributed by atoms with Crippen molar-refractivity contribution < 1.29 is 5.11 Å². The normalized spacial score (nSPS) is 14.0. The van der Waals surface area contributed by atoms with E-state index in [1.165, 1.54) is 22.3 Å². The van der Waals surface area contributed by atoms with Crippen LogP contribution in [0.1, 0.15) is 71.9 Å². The van der Waals surface area contributed by atoms with Crippen molar-refractivity contribution in [1.29, 1.82) is 0 Å². The molecule has 0 radical (unpaired) electrons. The summed E-state index contributed by atoms with van der Waals surface area (Å²) in [6.45, 7) is 6.63. The lowest BCUT2D eigenvalue weighted by Gasteiger charge is -2.25. The second kappa shape index (κ2) is 9.22. The van der Waals surface area contributed by atoms with E-state index < -0.39 is 0 Å². The van der Waals surface area contributed by atoms with E-state index in [1.807, 2.05) is 18.2 Å². The topological polar surface area (TPSA) is 20.2 Å². The van der Waals surface area contributed by atoms with Crippen LogP contribution in [-0.2, 0) is 0 Å². The van der Waals surface area contributed by atoms with Crippen LogP contribution in [0.2, 0.25) is 0 Å². The predicted molar refractivity (Wildman–Crippen MR) is 130 cm³/mol. The second-order valence-corrected chi connectivity index (χ2v) is 8.44. The maximum atomic E-state index is 11.3. The van der Waals surface area contributed by atoms with Crippen LogP contribution in [0.3, 0.4) is 0 Å². The summed E-state index contributed by atoms with van der Waals surface area (Å²) >= 11 is 0. The number of benzene rings is 4. The minimum Gasteiger partial charge on any atom is -0.508 e. The summed E-state index contributed by atoms with van der Waals surface area (Å²) in [6.07, 6.45) is 0. The van der Waals surface area contributed by atoms with Crippen LogP contribution in [0.5, 0.6) is 5.75 Å². The molecule has 0 aliphatic carbocycles. The highest BCUT2D eigenvalue weighted by molar-refractivity contribution is 5.53. The second-order valence-electron chi connectivity index (χ2n) is 8.44. The molecule has 1 nitrogen and oxygen atoms in total. The molecule has 0 bridgehead atoms. The molecule has 0 saturated carbocycles. The molecule has 0 spiro atoms. The molecule has 0 fully saturated rings. The maximum absolute atomic E-state index is 11.3. The molecule has 0 heterocycles. The van der Waals surface area contributed by atoms with Crippen molar-refractivity contribution in [3.8, 4) is 5.75 Å². The highest BCUT2D eigenvalue weighted by Gasteiger charge is 2.24. The molecule has 4 rings (SSSR count). The van der Waals surface area contributed by atoms with Gasteiger partial charge in [-0.05, 0) is 33.9 Å². The lowest BCUT2D eigenvalue weighted by atomic mass is 9.79. The molecule has 4 aromatic rings. The van der Waals surface area contributed by atoms with Gasteiger partial charge in [0.25, 0.3) is 0 Å². The zero-order valence-corrected chi connectivity index (χ0v) is 18.5. The van der Waals surface area contributed by atoms with Crippen LogP contribution in [-0.4, -0.2) is 5.11 Å². The lowest BCUT2D eigenvalue weighted by Crippen LogP contribution is -2.08. The number of hydrogen-bond donors (Lipinski definition) is 1. The van der Waals surface area contributed by atoms with E-state index in [9.17, 15) is 5.11 Å². The van der Waals surface area contributed by atoms with Crippen molar-refractivity contribution in [2.45, 2.75) is 38.5 Å². The van der Waals surface area contributed by atoms with Gasteiger partial charge in [0.1, 0.15) is 5.75 Å². The summed E-state index contributed by atoms with van der Waals surface area (Å²) < 4.78 is 0. The molecule has 31 heavy (non-hydrogen) atoms. The predicted octanol–water partition coefficient (Wildman–Crippen LogP) is 7.85. The first-order valence-electron chi connectivity index (χ1n) is 11.1. The average Bonchev–Trinajstić information content (AvgIpc) is 2.84. The van der Waals surface area contributed by atoms with E-state index in [-0.39, 0.29) is 17.8 Å². The molecule has 3 atom stereocenters. The fourth-order valence-corrected chi connectivity index (χ4v) is 4.53. The monoisotopic (exact) mass is 406 g/mol. The zero-order chi connectivity index (χ0) is 21.8. The van der Waals surface area contributed by atoms with Gasteiger partial charge in [-0.2, -0.15) is 0 Å². The van der Waals surface area contributed by atoms with Crippen LogP contribution in [0.25, 0.3) is 0 Å². The van der Waals surface area contributed by atoms with E-state index in [4.69, 9.17) is 0 Å². The minimum atomic E-state index is 0.100. The Morgan fingerprint density at radius 1 is 0.484 bits per heavy atom. The Morgan fingerprint density at radius 2 is 0.903 bits per heavy atom. The Bertz CT molecular complexity index is 1120. The molecular weight excluding hydrogens is 376 g/mol. The van der Waals surface area contributed by atoms with Crippen molar-refractivity contribution in [3.05, 3.63) is 137 Å². The van der Waals surface area contributed by atoms with Crippen LogP contribution in [0.4, 0.5) is 0 Å². The molecule has 4 aromatic carbocycles. The number of aromatic hydroxyl groups is 1. The van der Waals surface area contributed by atoms with E-state index in [1.54, 1.807) is 0 Å². The molecule has 0 saturated heterocycles. The highest BCUT2D eigenvalue weighted by Crippen LogP contribution is 2.42.